The van der Waals surface area contributed by atoms with Crippen LogP contribution in [0.25, 0.3) is 0 Å². The second kappa shape index (κ2) is 6.67. The minimum atomic E-state index is -0.511. The predicted octanol–water partition coefficient (Wildman–Crippen LogP) is 2.30. The number of aliphatic hydroxyl groups is 1. The summed E-state index contributed by atoms with van der Waals surface area (Å²) < 4.78 is 5.01. The number of ether oxygens (including phenoxy) is 1. The van der Waals surface area contributed by atoms with E-state index >= 15 is 0 Å². The zero-order chi connectivity index (χ0) is 13.5. The topological polar surface area (TPSA) is 58.6 Å². The highest BCUT2D eigenvalue weighted by Crippen LogP contribution is 2.17. The Morgan fingerprint density at radius 1 is 1.50 bits per heavy atom. The van der Waals surface area contributed by atoms with Gasteiger partial charge < -0.3 is 9.84 Å². The fourth-order valence-electron chi connectivity index (χ4n) is 1.36. The Morgan fingerprint density at radius 3 is 2.83 bits per heavy atom. The minimum Gasteiger partial charge on any atom is -0.447 e. The molecule has 2 N–H and O–H groups in total. The Bertz CT molecular complexity index is 484. The van der Waals surface area contributed by atoms with Crippen molar-refractivity contribution in [2.75, 3.05) is 11.9 Å². The Hall–Kier alpha value is -1.99. The average molecular weight is 247 g/mol. The van der Waals surface area contributed by atoms with Crippen molar-refractivity contribution in [3.63, 3.8) is 0 Å². The molecule has 96 valence electrons. The fourth-order valence-corrected chi connectivity index (χ4v) is 1.36. The zero-order valence-corrected chi connectivity index (χ0v) is 10.8. The summed E-state index contributed by atoms with van der Waals surface area (Å²) in [6.45, 7) is 5.26. The smallest absolute Gasteiger partial charge is 0.411 e. The molecule has 0 fully saturated rings. The first-order valence-corrected chi connectivity index (χ1v) is 5.71. The number of anilines is 1. The lowest BCUT2D eigenvalue weighted by Crippen LogP contribution is -2.18. The molecule has 1 aromatic rings. The SMILES string of the molecule is Cc1ccc(C#CCO)c(NC(=O)OC(C)C)c1. The van der Waals surface area contributed by atoms with Gasteiger partial charge in [0.2, 0.25) is 0 Å². The molecule has 0 aliphatic carbocycles. The van der Waals surface area contributed by atoms with Crippen LogP contribution < -0.4 is 5.32 Å². The van der Waals surface area contributed by atoms with Crippen molar-refractivity contribution in [2.24, 2.45) is 0 Å². The number of aryl methyl sites for hydroxylation is 1. The Balaban J connectivity index is 2.92. The normalized spacial score (nSPS) is 9.61. The fraction of sp³-hybridized carbons (Fsp3) is 0.357. The second-order valence-electron chi connectivity index (χ2n) is 4.09. The highest BCUT2D eigenvalue weighted by molar-refractivity contribution is 5.87. The van der Waals surface area contributed by atoms with E-state index in [0.717, 1.165) is 5.56 Å². The monoisotopic (exact) mass is 247 g/mol. The Labute approximate surface area is 107 Å². The molecule has 0 aromatic heterocycles. The number of benzene rings is 1. The van der Waals surface area contributed by atoms with Crippen molar-refractivity contribution in [3.05, 3.63) is 29.3 Å². The van der Waals surface area contributed by atoms with Crippen LogP contribution in [0.5, 0.6) is 0 Å². The third-order valence-electron chi connectivity index (χ3n) is 2.06. The molecule has 4 heteroatoms. The summed E-state index contributed by atoms with van der Waals surface area (Å²) in [6.07, 6.45) is -0.690. The summed E-state index contributed by atoms with van der Waals surface area (Å²) in [4.78, 5) is 11.5. The summed E-state index contributed by atoms with van der Waals surface area (Å²) in [5, 5.41) is 11.3. The zero-order valence-electron chi connectivity index (χ0n) is 10.8. The first kappa shape index (κ1) is 14.1. The number of hydrogen-bond donors (Lipinski definition) is 2. The molecule has 0 unspecified atom stereocenters. The highest BCUT2D eigenvalue weighted by Gasteiger charge is 2.08. The van der Waals surface area contributed by atoms with Crippen LogP contribution in [0.1, 0.15) is 25.0 Å². The first-order valence-electron chi connectivity index (χ1n) is 5.71. The molecular weight excluding hydrogens is 230 g/mol. The van der Waals surface area contributed by atoms with Gasteiger partial charge in [-0.1, -0.05) is 17.9 Å². The third-order valence-corrected chi connectivity index (χ3v) is 2.06. The molecule has 0 aliphatic heterocycles. The Morgan fingerprint density at radius 2 is 2.22 bits per heavy atom. The van der Waals surface area contributed by atoms with Crippen molar-refractivity contribution in [2.45, 2.75) is 26.9 Å². The maximum Gasteiger partial charge on any atom is 0.411 e. The van der Waals surface area contributed by atoms with Crippen LogP contribution in [-0.2, 0) is 4.74 Å². The van der Waals surface area contributed by atoms with E-state index in [2.05, 4.69) is 17.2 Å². The van der Waals surface area contributed by atoms with Gasteiger partial charge in [-0.3, -0.25) is 5.32 Å². The maximum absolute atomic E-state index is 11.5. The number of hydrogen-bond acceptors (Lipinski definition) is 3. The summed E-state index contributed by atoms with van der Waals surface area (Å²) in [5.74, 6) is 5.33. The highest BCUT2D eigenvalue weighted by atomic mass is 16.6. The molecule has 1 rings (SSSR count). The van der Waals surface area contributed by atoms with E-state index in [9.17, 15) is 4.79 Å². The molecule has 1 amide bonds. The van der Waals surface area contributed by atoms with Crippen LogP contribution in [0.4, 0.5) is 10.5 Å². The summed E-state index contributed by atoms with van der Waals surface area (Å²) in [7, 11) is 0. The molecular formula is C14H17NO3. The van der Waals surface area contributed by atoms with Gasteiger partial charge in [0.15, 0.2) is 0 Å². The van der Waals surface area contributed by atoms with Gasteiger partial charge >= 0.3 is 6.09 Å². The van der Waals surface area contributed by atoms with E-state index in [-0.39, 0.29) is 12.7 Å². The van der Waals surface area contributed by atoms with Crippen molar-refractivity contribution in [1.29, 1.82) is 0 Å². The lowest BCUT2D eigenvalue weighted by Gasteiger charge is -2.11. The van der Waals surface area contributed by atoms with E-state index in [1.165, 1.54) is 0 Å². The number of rotatable bonds is 2. The van der Waals surface area contributed by atoms with Crippen molar-refractivity contribution >= 4 is 11.8 Å². The standard InChI is InChI=1S/C14H17NO3/c1-10(2)18-14(17)15-13-9-11(3)6-7-12(13)5-4-8-16/h6-7,9-10,16H,8H2,1-3H3,(H,15,17). The lowest BCUT2D eigenvalue weighted by atomic mass is 10.1. The number of carbonyl (C=O) groups excluding carboxylic acids is 1. The molecule has 0 spiro atoms. The summed E-state index contributed by atoms with van der Waals surface area (Å²) in [6, 6.07) is 5.49. The average Bonchev–Trinajstić information content (AvgIpc) is 2.26. The molecule has 18 heavy (non-hydrogen) atoms. The van der Waals surface area contributed by atoms with E-state index in [1.807, 2.05) is 19.1 Å². The molecule has 0 atom stereocenters. The number of amides is 1. The second-order valence-corrected chi connectivity index (χ2v) is 4.09. The van der Waals surface area contributed by atoms with Gasteiger partial charge in [0, 0.05) is 5.56 Å². The number of aliphatic hydroxyl groups excluding tert-OH is 1. The molecule has 0 heterocycles. The van der Waals surface area contributed by atoms with Crippen molar-refractivity contribution in [1.82, 2.24) is 0 Å². The summed E-state index contributed by atoms with van der Waals surface area (Å²) in [5.41, 5.74) is 2.24. The van der Waals surface area contributed by atoms with Gasteiger partial charge in [-0.05, 0) is 38.5 Å². The largest absolute Gasteiger partial charge is 0.447 e. The molecule has 1 aromatic carbocycles. The summed E-state index contributed by atoms with van der Waals surface area (Å²) >= 11 is 0. The van der Waals surface area contributed by atoms with Gasteiger partial charge in [-0.2, -0.15) is 0 Å². The minimum absolute atomic E-state index is 0.179. The van der Waals surface area contributed by atoms with Crippen molar-refractivity contribution < 1.29 is 14.6 Å². The Kier molecular flexibility index (Phi) is 5.22. The van der Waals surface area contributed by atoms with E-state index in [0.29, 0.717) is 11.3 Å². The van der Waals surface area contributed by atoms with Crippen LogP contribution in [-0.4, -0.2) is 23.9 Å². The molecule has 4 nitrogen and oxygen atoms in total. The predicted molar refractivity (Wildman–Crippen MR) is 70.4 cm³/mol. The molecule has 0 aliphatic rings. The number of carbonyl (C=O) groups is 1. The van der Waals surface area contributed by atoms with E-state index < -0.39 is 6.09 Å². The van der Waals surface area contributed by atoms with Crippen LogP contribution in [0.3, 0.4) is 0 Å². The maximum atomic E-state index is 11.5. The van der Waals surface area contributed by atoms with Crippen LogP contribution in [0, 0.1) is 18.8 Å². The van der Waals surface area contributed by atoms with Crippen LogP contribution in [0.15, 0.2) is 18.2 Å². The van der Waals surface area contributed by atoms with Crippen LogP contribution in [0.2, 0.25) is 0 Å². The van der Waals surface area contributed by atoms with Crippen molar-refractivity contribution in [3.8, 4) is 11.8 Å². The van der Waals surface area contributed by atoms with E-state index in [4.69, 9.17) is 9.84 Å². The quantitative estimate of drug-likeness (QED) is 0.788. The molecule has 0 radical (unpaired) electrons. The molecule has 0 saturated heterocycles. The first-order chi connectivity index (χ1) is 8.52. The van der Waals surface area contributed by atoms with Gasteiger partial charge in [0.05, 0.1) is 11.8 Å². The molecule has 0 bridgehead atoms. The van der Waals surface area contributed by atoms with Gasteiger partial charge in [-0.15, -0.1) is 0 Å². The third kappa shape index (κ3) is 4.48. The van der Waals surface area contributed by atoms with Crippen LogP contribution >= 0.6 is 0 Å². The molecule has 0 saturated carbocycles. The number of nitrogens with one attached hydrogen (secondary N) is 1. The van der Waals surface area contributed by atoms with Gasteiger partial charge in [0.25, 0.3) is 0 Å². The lowest BCUT2D eigenvalue weighted by molar-refractivity contribution is 0.130. The van der Waals surface area contributed by atoms with Gasteiger partial charge in [0.1, 0.15) is 6.61 Å². The van der Waals surface area contributed by atoms with E-state index in [1.54, 1.807) is 19.9 Å². The van der Waals surface area contributed by atoms with Gasteiger partial charge in [-0.25, -0.2) is 4.79 Å².